The van der Waals surface area contributed by atoms with E-state index in [1.54, 1.807) is 23.1 Å². The predicted molar refractivity (Wildman–Crippen MR) is 95.7 cm³/mol. The first-order chi connectivity index (χ1) is 11.0. The van der Waals surface area contributed by atoms with E-state index in [9.17, 15) is 4.79 Å². The maximum Gasteiger partial charge on any atom is 0.321 e. The zero-order valence-corrected chi connectivity index (χ0v) is 14.2. The Balaban J connectivity index is 1.55. The van der Waals surface area contributed by atoms with Crippen molar-refractivity contribution in [3.05, 3.63) is 58.6 Å². The molecule has 120 valence electrons. The Morgan fingerprint density at radius 3 is 2.35 bits per heavy atom. The van der Waals surface area contributed by atoms with Crippen LogP contribution in [0.3, 0.4) is 0 Å². The number of nitrogens with zero attached hydrogens (tertiary/aromatic N) is 2. The van der Waals surface area contributed by atoms with Crippen LogP contribution in [0.1, 0.15) is 0 Å². The van der Waals surface area contributed by atoms with Crippen molar-refractivity contribution in [1.29, 1.82) is 0 Å². The third kappa shape index (κ3) is 3.71. The highest BCUT2D eigenvalue weighted by Crippen LogP contribution is 2.24. The van der Waals surface area contributed by atoms with E-state index >= 15 is 0 Å². The van der Waals surface area contributed by atoms with Crippen molar-refractivity contribution in [2.75, 3.05) is 30.4 Å². The first-order valence-corrected chi connectivity index (χ1v) is 8.08. The Bertz CT molecular complexity index is 682. The average Bonchev–Trinajstić information content (AvgIpc) is 2.45. The summed E-state index contributed by atoms with van der Waals surface area (Å²) in [5, 5.41) is 3.82. The molecule has 6 heteroatoms. The van der Waals surface area contributed by atoms with Crippen LogP contribution >= 0.6 is 23.2 Å². The molecule has 0 aliphatic carbocycles. The number of halogens is 2. The van der Waals surface area contributed by atoms with Gasteiger partial charge in [-0.2, -0.15) is 0 Å². The zero-order valence-electron chi connectivity index (χ0n) is 12.7. The van der Waals surface area contributed by atoms with E-state index in [4.69, 9.17) is 23.2 Å². The van der Waals surface area contributed by atoms with Crippen LogP contribution in [0.15, 0.2) is 48.5 Å². The van der Waals surface area contributed by atoms with Crippen molar-refractivity contribution >= 4 is 40.6 Å². The molecular formula is C17H17Cl2N3O. The van der Waals surface area contributed by atoms with Gasteiger partial charge in [-0.05, 0) is 30.3 Å². The summed E-state index contributed by atoms with van der Waals surface area (Å²) in [4.78, 5) is 16.2. The number of likely N-dealkylation sites (N-methyl/N-ethyl adjacent to an activating group) is 1. The molecule has 4 nitrogen and oxygen atoms in total. The molecule has 0 radical (unpaired) electrons. The lowest BCUT2D eigenvalue weighted by atomic mass is 10.1. The van der Waals surface area contributed by atoms with E-state index in [2.05, 4.69) is 22.3 Å². The summed E-state index contributed by atoms with van der Waals surface area (Å²) in [5.74, 6) is 0. The average molecular weight is 350 g/mol. The number of nitrogens with one attached hydrogen (secondary N) is 1. The van der Waals surface area contributed by atoms with Gasteiger partial charge in [0, 0.05) is 41.6 Å². The fourth-order valence-electron chi connectivity index (χ4n) is 2.57. The van der Waals surface area contributed by atoms with Gasteiger partial charge in [0.15, 0.2) is 0 Å². The number of benzene rings is 2. The predicted octanol–water partition coefficient (Wildman–Crippen LogP) is 4.35. The molecule has 1 heterocycles. The number of rotatable bonds is 3. The minimum Gasteiger partial charge on any atom is -0.368 e. The van der Waals surface area contributed by atoms with Crippen LogP contribution in [0.25, 0.3) is 0 Å². The molecular weight excluding hydrogens is 333 g/mol. The highest BCUT2D eigenvalue weighted by atomic mass is 35.5. The second-order valence-electron chi connectivity index (χ2n) is 5.59. The van der Waals surface area contributed by atoms with E-state index in [0.717, 1.165) is 5.69 Å². The number of likely N-dealkylation sites (tertiary alicyclic amines) is 1. The van der Waals surface area contributed by atoms with Gasteiger partial charge in [0.05, 0.1) is 6.04 Å². The van der Waals surface area contributed by atoms with Crippen LogP contribution in [0.4, 0.5) is 16.2 Å². The monoisotopic (exact) mass is 349 g/mol. The normalized spacial score (nSPS) is 14.3. The number of hydrogen-bond acceptors (Lipinski definition) is 2. The quantitative estimate of drug-likeness (QED) is 0.894. The Morgan fingerprint density at radius 1 is 1.13 bits per heavy atom. The molecule has 2 aromatic rings. The van der Waals surface area contributed by atoms with E-state index in [-0.39, 0.29) is 6.03 Å². The Hall–Kier alpha value is -1.91. The van der Waals surface area contributed by atoms with E-state index in [0.29, 0.717) is 34.9 Å². The van der Waals surface area contributed by atoms with Gasteiger partial charge in [-0.15, -0.1) is 0 Å². The topological polar surface area (TPSA) is 35.6 Å². The molecule has 2 aromatic carbocycles. The number of carbonyl (C=O) groups excluding carboxylic acids is 1. The summed E-state index contributed by atoms with van der Waals surface area (Å²) in [7, 11) is 2.05. The van der Waals surface area contributed by atoms with E-state index < -0.39 is 0 Å². The highest BCUT2D eigenvalue weighted by molar-refractivity contribution is 6.35. The second kappa shape index (κ2) is 6.69. The van der Waals surface area contributed by atoms with Crippen LogP contribution < -0.4 is 10.2 Å². The minimum absolute atomic E-state index is 0.138. The Kier molecular flexibility index (Phi) is 4.64. The molecule has 0 atom stereocenters. The van der Waals surface area contributed by atoms with Crippen LogP contribution in [0.5, 0.6) is 0 Å². The molecule has 1 saturated heterocycles. The summed E-state index contributed by atoms with van der Waals surface area (Å²) < 4.78 is 0. The largest absolute Gasteiger partial charge is 0.368 e. The third-order valence-electron chi connectivity index (χ3n) is 3.97. The van der Waals surface area contributed by atoms with Crippen LogP contribution in [0, 0.1) is 0 Å². The van der Waals surface area contributed by atoms with Gasteiger partial charge in [0.2, 0.25) is 0 Å². The first kappa shape index (κ1) is 16.0. The molecule has 0 aromatic heterocycles. The summed E-state index contributed by atoms with van der Waals surface area (Å²) in [6, 6.07) is 15.3. The molecule has 1 aliphatic rings. The van der Waals surface area contributed by atoms with Gasteiger partial charge in [-0.1, -0.05) is 41.4 Å². The molecule has 1 N–H and O–H groups in total. The van der Waals surface area contributed by atoms with E-state index in [1.807, 2.05) is 25.2 Å². The standard InChI is InChI=1S/C17H17Cl2N3O/c1-21(15-5-3-2-4-6-15)16-10-22(11-16)17(23)20-14-8-12(18)7-13(19)9-14/h2-9,16H,10-11H2,1H3,(H,20,23). The molecule has 3 rings (SSSR count). The van der Waals surface area contributed by atoms with Crippen molar-refractivity contribution in [1.82, 2.24) is 4.90 Å². The van der Waals surface area contributed by atoms with Crippen molar-refractivity contribution in [3.63, 3.8) is 0 Å². The number of hydrogen-bond donors (Lipinski definition) is 1. The van der Waals surface area contributed by atoms with Crippen LogP contribution in [-0.4, -0.2) is 37.1 Å². The number of anilines is 2. The van der Waals surface area contributed by atoms with Gasteiger partial charge >= 0.3 is 6.03 Å². The highest BCUT2D eigenvalue weighted by Gasteiger charge is 2.33. The van der Waals surface area contributed by atoms with Gasteiger partial charge in [-0.3, -0.25) is 0 Å². The number of urea groups is 1. The molecule has 2 amide bonds. The lowest BCUT2D eigenvalue weighted by Crippen LogP contribution is -2.61. The summed E-state index contributed by atoms with van der Waals surface area (Å²) in [6.45, 7) is 1.37. The molecule has 1 fully saturated rings. The Labute approximate surface area is 145 Å². The zero-order chi connectivity index (χ0) is 16.4. The molecule has 0 unspecified atom stereocenters. The van der Waals surface area contributed by atoms with Crippen molar-refractivity contribution < 1.29 is 4.79 Å². The van der Waals surface area contributed by atoms with Crippen LogP contribution in [-0.2, 0) is 0 Å². The fourth-order valence-corrected chi connectivity index (χ4v) is 3.09. The van der Waals surface area contributed by atoms with Crippen molar-refractivity contribution in [3.8, 4) is 0 Å². The van der Waals surface area contributed by atoms with Gasteiger partial charge in [-0.25, -0.2) is 4.79 Å². The van der Waals surface area contributed by atoms with Gasteiger partial charge in [0.25, 0.3) is 0 Å². The van der Waals surface area contributed by atoms with Crippen molar-refractivity contribution in [2.24, 2.45) is 0 Å². The third-order valence-corrected chi connectivity index (χ3v) is 4.41. The van der Waals surface area contributed by atoms with Crippen molar-refractivity contribution in [2.45, 2.75) is 6.04 Å². The fraction of sp³-hybridized carbons (Fsp3) is 0.235. The molecule has 0 saturated carbocycles. The maximum atomic E-state index is 12.2. The summed E-state index contributed by atoms with van der Waals surface area (Å²) >= 11 is 11.9. The lowest BCUT2D eigenvalue weighted by Gasteiger charge is -2.44. The van der Waals surface area contributed by atoms with Gasteiger partial charge < -0.3 is 15.1 Å². The smallest absolute Gasteiger partial charge is 0.321 e. The lowest BCUT2D eigenvalue weighted by molar-refractivity contribution is 0.163. The Morgan fingerprint density at radius 2 is 1.74 bits per heavy atom. The number of amides is 2. The number of carbonyl (C=O) groups is 1. The minimum atomic E-state index is -0.138. The molecule has 0 bridgehead atoms. The summed E-state index contributed by atoms with van der Waals surface area (Å²) in [6.07, 6.45) is 0. The summed E-state index contributed by atoms with van der Waals surface area (Å²) in [5.41, 5.74) is 1.76. The molecule has 1 aliphatic heterocycles. The molecule has 23 heavy (non-hydrogen) atoms. The maximum absolute atomic E-state index is 12.2. The SMILES string of the molecule is CN(c1ccccc1)C1CN(C(=O)Nc2cc(Cl)cc(Cl)c2)C1. The van der Waals surface area contributed by atoms with E-state index in [1.165, 1.54) is 0 Å². The van der Waals surface area contributed by atoms with Gasteiger partial charge in [0.1, 0.15) is 0 Å². The molecule has 0 spiro atoms. The second-order valence-corrected chi connectivity index (χ2v) is 6.47. The van der Waals surface area contributed by atoms with Crippen LogP contribution in [0.2, 0.25) is 10.0 Å². The first-order valence-electron chi connectivity index (χ1n) is 7.33. The number of para-hydroxylation sites is 1.